The molecule has 116 valence electrons. The Morgan fingerprint density at radius 1 is 1.09 bits per heavy atom. The lowest BCUT2D eigenvalue weighted by Gasteiger charge is -2.09. The van der Waals surface area contributed by atoms with Crippen LogP contribution in [0.4, 0.5) is 5.69 Å². The summed E-state index contributed by atoms with van der Waals surface area (Å²) in [4.78, 5) is 22.4. The highest BCUT2D eigenvalue weighted by Gasteiger charge is 2.17. The van der Waals surface area contributed by atoms with Crippen LogP contribution in [0.2, 0.25) is 0 Å². The van der Waals surface area contributed by atoms with Gasteiger partial charge in [0.15, 0.2) is 11.3 Å². The van der Waals surface area contributed by atoms with E-state index in [0.717, 1.165) is 0 Å². The molecule has 0 saturated carbocycles. The van der Waals surface area contributed by atoms with E-state index in [-0.39, 0.29) is 22.6 Å². The highest BCUT2D eigenvalue weighted by atomic mass is 16.6. The molecule has 0 bridgehead atoms. The summed E-state index contributed by atoms with van der Waals surface area (Å²) in [5, 5.41) is 30.5. The Labute approximate surface area is 129 Å². The second-order valence-corrected chi connectivity index (χ2v) is 5.00. The molecule has 0 saturated heterocycles. The first-order chi connectivity index (χ1) is 10.9. The van der Waals surface area contributed by atoms with Gasteiger partial charge < -0.3 is 14.6 Å². The van der Waals surface area contributed by atoms with Crippen molar-refractivity contribution < 1.29 is 19.6 Å². The van der Waals surface area contributed by atoms with Crippen LogP contribution in [-0.2, 0) is 0 Å². The Balaban J connectivity index is 2.28. The number of non-ortho nitro benzene ring substituents is 1. The second-order valence-electron chi connectivity index (χ2n) is 5.00. The fraction of sp³-hybridized carbons (Fsp3) is 0.0625. The molecule has 0 amide bonds. The molecule has 0 radical (unpaired) electrons. The predicted octanol–water partition coefficient (Wildman–Crippen LogP) is 3.09. The first-order valence-electron chi connectivity index (χ1n) is 6.63. The van der Waals surface area contributed by atoms with Gasteiger partial charge >= 0.3 is 5.63 Å². The van der Waals surface area contributed by atoms with E-state index in [0.29, 0.717) is 16.5 Å². The van der Waals surface area contributed by atoms with Gasteiger partial charge in [0.05, 0.1) is 10.5 Å². The van der Waals surface area contributed by atoms with Gasteiger partial charge in [-0.15, -0.1) is 0 Å². The zero-order chi connectivity index (χ0) is 16.7. The number of aromatic hydroxyl groups is 2. The van der Waals surface area contributed by atoms with Gasteiger partial charge in [-0.3, -0.25) is 10.1 Å². The molecule has 3 rings (SSSR count). The number of phenolic OH excluding ortho intramolecular Hbond substituents is 2. The summed E-state index contributed by atoms with van der Waals surface area (Å²) in [6, 6.07) is 8.34. The molecule has 7 nitrogen and oxygen atoms in total. The van der Waals surface area contributed by atoms with Crippen LogP contribution in [0.5, 0.6) is 11.5 Å². The summed E-state index contributed by atoms with van der Waals surface area (Å²) in [5.74, 6) is -0.888. The van der Waals surface area contributed by atoms with Crippen LogP contribution in [0, 0.1) is 17.0 Å². The topological polar surface area (TPSA) is 114 Å². The van der Waals surface area contributed by atoms with Crippen LogP contribution in [-0.4, -0.2) is 15.1 Å². The van der Waals surface area contributed by atoms with Gasteiger partial charge in [-0.25, -0.2) is 4.79 Å². The number of hydrogen-bond acceptors (Lipinski definition) is 6. The molecule has 0 atom stereocenters. The highest BCUT2D eigenvalue weighted by molar-refractivity contribution is 5.91. The largest absolute Gasteiger partial charge is 0.504 e. The molecule has 3 aromatic rings. The maximum atomic E-state index is 12.2. The van der Waals surface area contributed by atoms with E-state index < -0.39 is 16.3 Å². The van der Waals surface area contributed by atoms with E-state index in [1.807, 2.05) is 0 Å². The molecule has 2 aromatic carbocycles. The Kier molecular flexibility index (Phi) is 3.25. The summed E-state index contributed by atoms with van der Waals surface area (Å²) < 4.78 is 5.12. The van der Waals surface area contributed by atoms with Crippen LogP contribution >= 0.6 is 0 Å². The van der Waals surface area contributed by atoms with Crippen LogP contribution in [0.15, 0.2) is 45.6 Å². The average molecular weight is 313 g/mol. The third-order valence-electron chi connectivity index (χ3n) is 3.65. The molecule has 0 unspecified atom stereocenters. The van der Waals surface area contributed by atoms with Crippen molar-refractivity contribution in [3.8, 4) is 22.6 Å². The molecule has 0 fully saturated rings. The van der Waals surface area contributed by atoms with Crippen LogP contribution in [0.3, 0.4) is 0 Å². The van der Waals surface area contributed by atoms with Crippen molar-refractivity contribution in [2.75, 3.05) is 0 Å². The summed E-state index contributed by atoms with van der Waals surface area (Å²) in [6.45, 7) is 1.67. The molecule has 1 heterocycles. The van der Waals surface area contributed by atoms with Crippen LogP contribution in [0.25, 0.3) is 22.1 Å². The smallest absolute Gasteiger partial charge is 0.344 e. The normalized spacial score (nSPS) is 10.8. The highest BCUT2D eigenvalue weighted by Crippen LogP contribution is 2.36. The third kappa shape index (κ3) is 2.28. The van der Waals surface area contributed by atoms with Gasteiger partial charge in [-0.2, -0.15) is 0 Å². The molecule has 0 aliphatic rings. The first kappa shape index (κ1) is 14.6. The standard InChI is InChI=1S/C16H11NO6/c1-8-11-6-7-12(18)14(19)15(11)23-16(20)13(8)9-2-4-10(5-3-9)17(21)22/h2-7,18-19H,1H3. The van der Waals surface area contributed by atoms with Gasteiger partial charge in [-0.1, -0.05) is 0 Å². The number of benzene rings is 2. The molecule has 2 N–H and O–H groups in total. The van der Waals surface area contributed by atoms with Crippen molar-refractivity contribution in [2.45, 2.75) is 6.92 Å². The van der Waals surface area contributed by atoms with Gasteiger partial charge in [0.25, 0.3) is 5.69 Å². The lowest BCUT2D eigenvalue weighted by atomic mass is 9.99. The van der Waals surface area contributed by atoms with Crippen LogP contribution in [0.1, 0.15) is 5.56 Å². The quantitative estimate of drug-likeness (QED) is 0.325. The Hall–Kier alpha value is -3.35. The van der Waals surface area contributed by atoms with Crippen LogP contribution < -0.4 is 5.63 Å². The first-order valence-corrected chi connectivity index (χ1v) is 6.63. The maximum absolute atomic E-state index is 12.2. The summed E-state index contributed by atoms with van der Waals surface area (Å²) in [5.41, 5.74) is 0.372. The number of nitrogens with zero attached hydrogens (tertiary/aromatic N) is 1. The number of phenols is 2. The van der Waals surface area contributed by atoms with E-state index in [9.17, 15) is 25.1 Å². The number of aryl methyl sites for hydroxylation is 1. The predicted molar refractivity (Wildman–Crippen MR) is 82.6 cm³/mol. The van der Waals surface area contributed by atoms with Gasteiger partial charge in [0.2, 0.25) is 5.75 Å². The lowest BCUT2D eigenvalue weighted by Crippen LogP contribution is -2.06. The minimum Gasteiger partial charge on any atom is -0.504 e. The Morgan fingerprint density at radius 3 is 2.35 bits per heavy atom. The minimum atomic E-state index is -0.704. The zero-order valence-corrected chi connectivity index (χ0v) is 11.9. The SMILES string of the molecule is Cc1c(-c2ccc([N+](=O)[O-])cc2)c(=O)oc2c(O)c(O)ccc12. The van der Waals surface area contributed by atoms with Crippen molar-refractivity contribution >= 4 is 16.7 Å². The average Bonchev–Trinajstić information content (AvgIpc) is 2.52. The molecule has 1 aromatic heterocycles. The second kappa shape index (κ2) is 5.13. The van der Waals surface area contributed by atoms with Crippen molar-refractivity contribution in [2.24, 2.45) is 0 Å². The van der Waals surface area contributed by atoms with E-state index in [2.05, 4.69) is 0 Å². The van der Waals surface area contributed by atoms with Gasteiger partial charge in [0.1, 0.15) is 0 Å². The lowest BCUT2D eigenvalue weighted by molar-refractivity contribution is -0.384. The molecule has 7 heteroatoms. The summed E-state index contributed by atoms with van der Waals surface area (Å²) in [6.07, 6.45) is 0. The fourth-order valence-electron chi connectivity index (χ4n) is 2.48. The molecule has 0 aliphatic heterocycles. The molecular formula is C16H11NO6. The molecule has 0 spiro atoms. The van der Waals surface area contributed by atoms with Crippen molar-refractivity contribution in [3.63, 3.8) is 0 Å². The van der Waals surface area contributed by atoms with Crippen molar-refractivity contribution in [3.05, 3.63) is 62.5 Å². The van der Waals surface area contributed by atoms with E-state index in [1.54, 1.807) is 6.92 Å². The van der Waals surface area contributed by atoms with Crippen molar-refractivity contribution in [1.82, 2.24) is 0 Å². The third-order valence-corrected chi connectivity index (χ3v) is 3.65. The van der Waals surface area contributed by atoms with Crippen molar-refractivity contribution in [1.29, 1.82) is 0 Å². The number of hydrogen-bond donors (Lipinski definition) is 2. The fourth-order valence-corrected chi connectivity index (χ4v) is 2.48. The molecular weight excluding hydrogens is 302 g/mol. The summed E-state index contributed by atoms with van der Waals surface area (Å²) >= 11 is 0. The number of nitro benzene ring substituents is 1. The van der Waals surface area contributed by atoms with Gasteiger partial charge in [-0.05, 0) is 42.3 Å². The van der Waals surface area contributed by atoms with Gasteiger partial charge in [0, 0.05) is 17.5 Å². The minimum absolute atomic E-state index is 0.0841. The van der Waals surface area contributed by atoms with E-state index in [4.69, 9.17) is 4.42 Å². The zero-order valence-electron chi connectivity index (χ0n) is 11.9. The Morgan fingerprint density at radius 2 is 1.74 bits per heavy atom. The van der Waals surface area contributed by atoms with E-state index >= 15 is 0 Å². The maximum Gasteiger partial charge on any atom is 0.344 e. The molecule has 0 aliphatic carbocycles. The number of fused-ring (bicyclic) bond motifs is 1. The monoisotopic (exact) mass is 313 g/mol. The number of rotatable bonds is 2. The van der Waals surface area contributed by atoms with E-state index in [1.165, 1.54) is 36.4 Å². The Bertz CT molecular complexity index is 988. The summed E-state index contributed by atoms with van der Waals surface area (Å²) in [7, 11) is 0. The molecule has 23 heavy (non-hydrogen) atoms. The number of nitro groups is 1.